The lowest BCUT2D eigenvalue weighted by Crippen LogP contribution is -1.89. The van der Waals surface area contributed by atoms with Gasteiger partial charge in [-0.3, -0.25) is 0 Å². The van der Waals surface area contributed by atoms with E-state index in [9.17, 15) is 0 Å². The van der Waals surface area contributed by atoms with Crippen LogP contribution < -0.4 is 0 Å². The molecule has 0 radical (unpaired) electrons. The van der Waals surface area contributed by atoms with Crippen molar-refractivity contribution in [2.75, 3.05) is 0 Å². The second kappa shape index (κ2) is 4.90. The van der Waals surface area contributed by atoms with E-state index in [1.54, 1.807) is 16.9 Å². The van der Waals surface area contributed by atoms with Crippen LogP contribution in [0, 0.1) is 0 Å². The predicted octanol–water partition coefficient (Wildman–Crippen LogP) is 3.37. The summed E-state index contributed by atoms with van der Waals surface area (Å²) in [6, 6.07) is 14.0. The summed E-state index contributed by atoms with van der Waals surface area (Å²) in [6.45, 7) is 0. The normalized spacial score (nSPS) is 10.6. The highest BCUT2D eigenvalue weighted by Gasteiger charge is 2.08. The Hall–Kier alpha value is -2.46. The minimum Gasteiger partial charge on any atom is -0.248 e. The fourth-order valence-corrected chi connectivity index (χ4v) is 2.22. The second-order valence-electron chi connectivity index (χ2n) is 4.34. The van der Waals surface area contributed by atoms with Gasteiger partial charge in [0.25, 0.3) is 0 Å². The standard InChI is InChI=1S/C15H10N4.ClH/c1-2-5-13-11(4-1)6-7-14(18-13)12-10-17-19-9-3-8-16-15(12)19;/h1-10H;1H. The van der Waals surface area contributed by atoms with Crippen molar-refractivity contribution >= 4 is 29.0 Å². The third-order valence-electron chi connectivity index (χ3n) is 3.15. The zero-order valence-corrected chi connectivity index (χ0v) is 11.3. The second-order valence-corrected chi connectivity index (χ2v) is 4.34. The molecule has 20 heavy (non-hydrogen) atoms. The highest BCUT2D eigenvalue weighted by Crippen LogP contribution is 2.23. The maximum atomic E-state index is 4.67. The number of hydrogen-bond acceptors (Lipinski definition) is 3. The van der Waals surface area contributed by atoms with E-state index in [4.69, 9.17) is 0 Å². The van der Waals surface area contributed by atoms with Gasteiger partial charge >= 0.3 is 0 Å². The van der Waals surface area contributed by atoms with Crippen LogP contribution >= 0.6 is 12.4 Å². The smallest absolute Gasteiger partial charge is 0.164 e. The number of pyridine rings is 1. The summed E-state index contributed by atoms with van der Waals surface area (Å²) in [6.07, 6.45) is 5.45. The topological polar surface area (TPSA) is 43.1 Å². The summed E-state index contributed by atoms with van der Waals surface area (Å²) in [5, 5.41) is 5.42. The molecule has 0 atom stereocenters. The van der Waals surface area contributed by atoms with E-state index < -0.39 is 0 Å². The predicted molar refractivity (Wildman–Crippen MR) is 81.0 cm³/mol. The Labute approximate surface area is 121 Å². The number of para-hydroxylation sites is 1. The summed E-state index contributed by atoms with van der Waals surface area (Å²) < 4.78 is 1.76. The van der Waals surface area contributed by atoms with Crippen LogP contribution in [-0.4, -0.2) is 19.6 Å². The summed E-state index contributed by atoms with van der Waals surface area (Å²) >= 11 is 0. The van der Waals surface area contributed by atoms with E-state index in [0.29, 0.717) is 0 Å². The van der Waals surface area contributed by atoms with E-state index >= 15 is 0 Å². The molecule has 0 saturated heterocycles. The molecule has 4 aromatic rings. The molecule has 1 aromatic carbocycles. The molecule has 4 rings (SSSR count). The molecule has 4 nitrogen and oxygen atoms in total. The van der Waals surface area contributed by atoms with E-state index in [0.717, 1.165) is 27.8 Å². The molecule has 0 fully saturated rings. The summed E-state index contributed by atoms with van der Waals surface area (Å²) in [5.41, 5.74) is 3.65. The first-order valence-electron chi connectivity index (χ1n) is 6.06. The quantitative estimate of drug-likeness (QED) is 0.538. The monoisotopic (exact) mass is 282 g/mol. The fraction of sp³-hybridized carbons (Fsp3) is 0. The Bertz CT molecular complexity index is 885. The first-order chi connectivity index (χ1) is 9.42. The molecule has 0 aliphatic rings. The fourth-order valence-electron chi connectivity index (χ4n) is 2.22. The Morgan fingerprint density at radius 2 is 1.85 bits per heavy atom. The van der Waals surface area contributed by atoms with Crippen LogP contribution in [0.15, 0.2) is 61.1 Å². The molecule has 0 spiro atoms. The first-order valence-corrected chi connectivity index (χ1v) is 6.06. The van der Waals surface area contributed by atoms with Gasteiger partial charge in [0.15, 0.2) is 5.65 Å². The van der Waals surface area contributed by atoms with Gasteiger partial charge in [-0.25, -0.2) is 14.5 Å². The van der Waals surface area contributed by atoms with Crippen molar-refractivity contribution in [3.05, 3.63) is 61.1 Å². The summed E-state index contributed by atoms with van der Waals surface area (Å²) in [4.78, 5) is 9.03. The number of fused-ring (bicyclic) bond motifs is 2. The molecule has 0 N–H and O–H groups in total. The molecule has 0 saturated carbocycles. The van der Waals surface area contributed by atoms with Gasteiger partial charge in [-0.05, 0) is 18.2 Å². The molecule has 0 aliphatic heterocycles. The number of rotatable bonds is 1. The Morgan fingerprint density at radius 3 is 2.80 bits per heavy atom. The van der Waals surface area contributed by atoms with Crippen molar-refractivity contribution in [1.29, 1.82) is 0 Å². The average molecular weight is 283 g/mol. The summed E-state index contributed by atoms with van der Waals surface area (Å²) in [5.74, 6) is 0. The molecule has 5 heteroatoms. The van der Waals surface area contributed by atoms with Gasteiger partial charge in [0.2, 0.25) is 0 Å². The number of nitrogens with zero attached hydrogens (tertiary/aromatic N) is 4. The van der Waals surface area contributed by atoms with E-state index in [2.05, 4.69) is 27.2 Å². The van der Waals surface area contributed by atoms with Crippen molar-refractivity contribution in [3.8, 4) is 11.3 Å². The minimum absolute atomic E-state index is 0. The molecule has 0 amide bonds. The molecule has 98 valence electrons. The highest BCUT2D eigenvalue weighted by molar-refractivity contribution is 5.85. The van der Waals surface area contributed by atoms with Gasteiger partial charge in [0.05, 0.1) is 23.0 Å². The first kappa shape index (κ1) is 12.6. The SMILES string of the molecule is Cl.c1ccc2nc(-c3cnn4cccnc34)ccc2c1. The van der Waals surface area contributed by atoms with Crippen LogP contribution in [0.5, 0.6) is 0 Å². The van der Waals surface area contributed by atoms with Crippen LogP contribution in [0.4, 0.5) is 0 Å². The van der Waals surface area contributed by atoms with Crippen LogP contribution in [-0.2, 0) is 0 Å². The van der Waals surface area contributed by atoms with Crippen LogP contribution in [0.1, 0.15) is 0 Å². The van der Waals surface area contributed by atoms with Gasteiger partial charge in [-0.2, -0.15) is 5.10 Å². The van der Waals surface area contributed by atoms with E-state index in [1.165, 1.54) is 0 Å². The van der Waals surface area contributed by atoms with Crippen molar-refractivity contribution in [3.63, 3.8) is 0 Å². The number of aromatic nitrogens is 4. The van der Waals surface area contributed by atoms with Crippen molar-refractivity contribution in [2.45, 2.75) is 0 Å². The molecule has 0 aliphatic carbocycles. The number of hydrogen-bond donors (Lipinski definition) is 0. The molecule has 0 bridgehead atoms. The van der Waals surface area contributed by atoms with Crippen molar-refractivity contribution < 1.29 is 0 Å². The zero-order valence-electron chi connectivity index (χ0n) is 10.5. The van der Waals surface area contributed by atoms with Crippen molar-refractivity contribution in [2.24, 2.45) is 0 Å². The van der Waals surface area contributed by atoms with Gasteiger partial charge in [-0.1, -0.05) is 24.3 Å². The Kier molecular flexibility index (Phi) is 3.08. The number of benzene rings is 1. The van der Waals surface area contributed by atoms with Gasteiger partial charge < -0.3 is 0 Å². The maximum Gasteiger partial charge on any atom is 0.164 e. The lowest BCUT2D eigenvalue weighted by Gasteiger charge is -2.01. The minimum atomic E-state index is 0. The third-order valence-corrected chi connectivity index (χ3v) is 3.15. The van der Waals surface area contributed by atoms with Gasteiger partial charge in [0, 0.05) is 17.8 Å². The van der Waals surface area contributed by atoms with Crippen LogP contribution in [0.2, 0.25) is 0 Å². The van der Waals surface area contributed by atoms with Gasteiger partial charge in [-0.15, -0.1) is 12.4 Å². The van der Waals surface area contributed by atoms with E-state index in [1.807, 2.05) is 36.5 Å². The average Bonchev–Trinajstić information content (AvgIpc) is 2.91. The Morgan fingerprint density at radius 1 is 0.950 bits per heavy atom. The lowest BCUT2D eigenvalue weighted by molar-refractivity contribution is 0.939. The number of halogens is 1. The highest BCUT2D eigenvalue weighted by atomic mass is 35.5. The molecule has 0 unspecified atom stereocenters. The molecule has 3 aromatic heterocycles. The third kappa shape index (κ3) is 1.90. The molecular weight excluding hydrogens is 272 g/mol. The van der Waals surface area contributed by atoms with E-state index in [-0.39, 0.29) is 12.4 Å². The van der Waals surface area contributed by atoms with Crippen LogP contribution in [0.25, 0.3) is 27.8 Å². The molecule has 3 heterocycles. The molecular formula is C15H11ClN4. The Balaban J connectivity index is 0.00000121. The van der Waals surface area contributed by atoms with Crippen LogP contribution in [0.3, 0.4) is 0 Å². The summed E-state index contributed by atoms with van der Waals surface area (Å²) in [7, 11) is 0. The lowest BCUT2D eigenvalue weighted by atomic mass is 10.1. The maximum absolute atomic E-state index is 4.67. The zero-order chi connectivity index (χ0) is 12.7. The van der Waals surface area contributed by atoms with Gasteiger partial charge in [0.1, 0.15) is 0 Å². The van der Waals surface area contributed by atoms with Crippen molar-refractivity contribution in [1.82, 2.24) is 19.6 Å². The largest absolute Gasteiger partial charge is 0.248 e.